The number of aryl methyl sites for hydroxylation is 1. The van der Waals surface area contributed by atoms with Gasteiger partial charge < -0.3 is 9.15 Å². The molecule has 2 bridgehead atoms. The second kappa shape index (κ2) is 7.25. The minimum Gasteiger partial charge on any atom is -0.452 e. The molecule has 4 atom stereocenters. The van der Waals surface area contributed by atoms with E-state index in [4.69, 9.17) is 9.15 Å². The van der Waals surface area contributed by atoms with Crippen LogP contribution in [-0.2, 0) is 14.3 Å². The first kappa shape index (κ1) is 17.9. The lowest BCUT2D eigenvalue weighted by molar-refractivity contribution is -0.159. The lowest BCUT2D eigenvalue weighted by Crippen LogP contribution is -2.39. The molecule has 6 heteroatoms. The Hall–Kier alpha value is -2.50. The van der Waals surface area contributed by atoms with Gasteiger partial charge in [-0.15, -0.1) is 10.2 Å². The van der Waals surface area contributed by atoms with Crippen LogP contribution >= 0.6 is 0 Å². The number of ketones is 1. The zero-order chi connectivity index (χ0) is 19.0. The Morgan fingerprint density at radius 1 is 1.15 bits per heavy atom. The summed E-state index contributed by atoms with van der Waals surface area (Å²) in [6.07, 6.45) is 3.50. The second-order valence-corrected chi connectivity index (χ2v) is 7.79. The molecule has 6 nitrogen and oxygen atoms in total. The van der Waals surface area contributed by atoms with Gasteiger partial charge in [-0.3, -0.25) is 9.59 Å². The second-order valence-electron chi connectivity index (χ2n) is 7.79. The molecule has 1 unspecified atom stereocenters. The van der Waals surface area contributed by atoms with Crippen molar-refractivity contribution in [2.75, 3.05) is 0 Å². The van der Waals surface area contributed by atoms with E-state index in [2.05, 4.69) is 10.2 Å². The number of nitrogens with zero attached hydrogens (tertiary/aromatic N) is 2. The number of carbonyl (C=O) groups is 2. The van der Waals surface area contributed by atoms with E-state index in [1.54, 1.807) is 6.92 Å². The fraction of sp³-hybridized carbons (Fsp3) is 0.524. The smallest absolute Gasteiger partial charge is 0.309 e. The molecule has 142 valence electrons. The van der Waals surface area contributed by atoms with Crippen LogP contribution in [0, 0.1) is 24.7 Å². The van der Waals surface area contributed by atoms with E-state index in [9.17, 15) is 9.59 Å². The van der Waals surface area contributed by atoms with Crippen LogP contribution in [0.3, 0.4) is 0 Å². The van der Waals surface area contributed by atoms with Crippen molar-refractivity contribution in [1.29, 1.82) is 0 Å². The first-order valence-electron chi connectivity index (χ1n) is 9.66. The van der Waals surface area contributed by atoms with E-state index in [1.165, 1.54) is 0 Å². The van der Waals surface area contributed by atoms with Gasteiger partial charge in [0.15, 0.2) is 6.10 Å². The first-order chi connectivity index (χ1) is 13.0. The van der Waals surface area contributed by atoms with Crippen molar-refractivity contribution in [1.82, 2.24) is 10.2 Å². The number of hydrogen-bond donors (Lipinski definition) is 0. The van der Waals surface area contributed by atoms with Crippen molar-refractivity contribution in [3.05, 3.63) is 35.7 Å². The fourth-order valence-electron chi connectivity index (χ4n) is 4.20. The molecule has 0 spiro atoms. The van der Waals surface area contributed by atoms with Crippen LogP contribution in [0.5, 0.6) is 0 Å². The van der Waals surface area contributed by atoms with Crippen molar-refractivity contribution in [2.24, 2.45) is 17.8 Å². The van der Waals surface area contributed by atoms with Gasteiger partial charge >= 0.3 is 5.97 Å². The molecule has 0 radical (unpaired) electrons. The molecule has 2 aliphatic carbocycles. The highest BCUT2D eigenvalue weighted by Crippen LogP contribution is 2.41. The number of carbonyl (C=O) groups excluding carboxylic acids is 2. The molecule has 1 heterocycles. The van der Waals surface area contributed by atoms with Crippen LogP contribution in [0.15, 0.2) is 28.7 Å². The summed E-state index contributed by atoms with van der Waals surface area (Å²) >= 11 is 0. The number of Topliss-reactive ketones (excluding diaryl/α,β-unsaturated/α-hetero) is 1. The van der Waals surface area contributed by atoms with E-state index in [1.807, 2.05) is 31.2 Å². The molecule has 0 amide bonds. The maximum Gasteiger partial charge on any atom is 0.309 e. The average molecular weight is 368 g/mol. The minimum absolute atomic E-state index is 0.0295. The van der Waals surface area contributed by atoms with E-state index >= 15 is 0 Å². The van der Waals surface area contributed by atoms with Crippen LogP contribution in [0.2, 0.25) is 0 Å². The zero-order valence-corrected chi connectivity index (χ0v) is 15.7. The molecule has 0 aliphatic heterocycles. The summed E-state index contributed by atoms with van der Waals surface area (Å²) in [5.74, 6) is 0.625. The van der Waals surface area contributed by atoms with Crippen LogP contribution in [0.4, 0.5) is 0 Å². The SMILES string of the molecule is Cc1ccc(-c2nnc([C@@H](C)OC(=O)C3C[C@H]4CCC[C@@H](C3)C4=O)o2)cc1. The number of esters is 1. The molecule has 0 N–H and O–H groups in total. The maximum atomic E-state index is 12.6. The highest BCUT2D eigenvalue weighted by atomic mass is 16.6. The maximum absolute atomic E-state index is 12.6. The Bertz CT molecular complexity index is 826. The molecule has 1 aromatic carbocycles. The summed E-state index contributed by atoms with van der Waals surface area (Å²) in [6.45, 7) is 3.75. The Morgan fingerprint density at radius 3 is 2.48 bits per heavy atom. The fourth-order valence-corrected chi connectivity index (χ4v) is 4.20. The number of hydrogen-bond acceptors (Lipinski definition) is 6. The van der Waals surface area contributed by atoms with Crippen molar-refractivity contribution in [3.8, 4) is 11.5 Å². The van der Waals surface area contributed by atoms with Gasteiger partial charge in [-0.05, 0) is 51.7 Å². The summed E-state index contributed by atoms with van der Waals surface area (Å²) in [7, 11) is 0. The van der Waals surface area contributed by atoms with Crippen LogP contribution < -0.4 is 0 Å². The van der Waals surface area contributed by atoms with Crippen LogP contribution in [-0.4, -0.2) is 21.9 Å². The van der Waals surface area contributed by atoms with E-state index in [0.29, 0.717) is 24.5 Å². The largest absolute Gasteiger partial charge is 0.452 e. The Morgan fingerprint density at radius 2 is 1.81 bits per heavy atom. The molecule has 1 aromatic heterocycles. The summed E-state index contributed by atoms with van der Waals surface area (Å²) in [6, 6.07) is 7.79. The van der Waals surface area contributed by atoms with Gasteiger partial charge in [-0.25, -0.2) is 0 Å². The highest BCUT2D eigenvalue weighted by molar-refractivity contribution is 5.87. The van der Waals surface area contributed by atoms with E-state index in [-0.39, 0.29) is 29.6 Å². The van der Waals surface area contributed by atoms with Gasteiger partial charge in [-0.2, -0.15) is 0 Å². The van der Waals surface area contributed by atoms with Crippen molar-refractivity contribution < 1.29 is 18.7 Å². The third-order valence-electron chi connectivity index (χ3n) is 5.76. The predicted octanol–water partition coefficient (Wildman–Crippen LogP) is 4.04. The van der Waals surface area contributed by atoms with Crippen molar-refractivity contribution in [2.45, 2.75) is 52.1 Å². The molecule has 4 rings (SSSR count). The van der Waals surface area contributed by atoms with E-state index in [0.717, 1.165) is 30.4 Å². The highest BCUT2D eigenvalue weighted by Gasteiger charge is 2.42. The number of ether oxygens (including phenoxy) is 1. The minimum atomic E-state index is -0.610. The Labute approximate surface area is 158 Å². The van der Waals surface area contributed by atoms with Gasteiger partial charge in [0, 0.05) is 17.4 Å². The first-order valence-corrected chi connectivity index (χ1v) is 9.66. The zero-order valence-electron chi connectivity index (χ0n) is 15.7. The third-order valence-corrected chi connectivity index (χ3v) is 5.76. The monoisotopic (exact) mass is 368 g/mol. The van der Waals surface area contributed by atoms with Gasteiger partial charge in [0.05, 0.1) is 5.92 Å². The van der Waals surface area contributed by atoms with Crippen molar-refractivity contribution in [3.63, 3.8) is 0 Å². The standard InChI is InChI=1S/C21H24N2O4/c1-12-6-8-14(9-7-12)20-23-22-19(27-20)13(2)26-21(25)17-10-15-4-3-5-16(11-17)18(15)24/h6-9,13,15-17H,3-5,10-11H2,1-2H3/t13-,15-,16+,17?/m1/s1. The summed E-state index contributed by atoms with van der Waals surface area (Å²) in [5, 5.41) is 8.10. The number of rotatable bonds is 4. The normalized spacial score (nSPS) is 25.9. The van der Waals surface area contributed by atoms with Crippen molar-refractivity contribution >= 4 is 11.8 Å². The molecular formula is C21H24N2O4. The summed E-state index contributed by atoms with van der Waals surface area (Å²) in [5.41, 5.74) is 1.98. The van der Waals surface area contributed by atoms with Gasteiger partial charge in [0.25, 0.3) is 5.89 Å². The van der Waals surface area contributed by atoms with Crippen LogP contribution in [0.1, 0.15) is 56.6 Å². The third kappa shape index (κ3) is 3.66. The average Bonchev–Trinajstić information content (AvgIpc) is 3.12. The molecule has 2 aromatic rings. The Balaban J connectivity index is 1.40. The Kier molecular flexibility index (Phi) is 4.81. The number of benzene rings is 1. The lowest BCUT2D eigenvalue weighted by Gasteiger charge is -2.36. The molecule has 0 saturated heterocycles. The number of aromatic nitrogens is 2. The molecule has 2 fully saturated rings. The molecule has 27 heavy (non-hydrogen) atoms. The summed E-state index contributed by atoms with van der Waals surface area (Å²) < 4.78 is 11.3. The van der Waals surface area contributed by atoms with Gasteiger partial charge in [0.1, 0.15) is 5.78 Å². The molecule has 2 aliphatic rings. The van der Waals surface area contributed by atoms with Crippen LogP contribution in [0.25, 0.3) is 11.5 Å². The molecular weight excluding hydrogens is 344 g/mol. The quantitative estimate of drug-likeness (QED) is 0.757. The van der Waals surface area contributed by atoms with Gasteiger partial charge in [-0.1, -0.05) is 24.1 Å². The predicted molar refractivity (Wildman–Crippen MR) is 97.5 cm³/mol. The topological polar surface area (TPSA) is 82.3 Å². The number of fused-ring (bicyclic) bond motifs is 2. The van der Waals surface area contributed by atoms with E-state index < -0.39 is 6.10 Å². The molecule has 2 saturated carbocycles. The van der Waals surface area contributed by atoms with Gasteiger partial charge in [0.2, 0.25) is 5.89 Å². The summed E-state index contributed by atoms with van der Waals surface area (Å²) in [4.78, 5) is 24.8. The lowest BCUT2D eigenvalue weighted by atomic mass is 9.67.